The SMILES string of the molecule is CC(C)NC(=O)CNC(=O)c1ccc2c(c1)C(=O)N(Cc1ccco1)C2=O. The maximum Gasteiger partial charge on any atom is 0.261 e. The van der Waals surface area contributed by atoms with Crippen molar-refractivity contribution in [1.82, 2.24) is 15.5 Å². The summed E-state index contributed by atoms with van der Waals surface area (Å²) in [6, 6.07) is 7.58. The van der Waals surface area contributed by atoms with Crippen LogP contribution in [-0.2, 0) is 11.3 Å². The van der Waals surface area contributed by atoms with Gasteiger partial charge in [-0.1, -0.05) is 0 Å². The Morgan fingerprint density at radius 2 is 1.85 bits per heavy atom. The Morgan fingerprint density at radius 1 is 1.11 bits per heavy atom. The number of nitrogens with zero attached hydrogens (tertiary/aromatic N) is 1. The first kappa shape index (κ1) is 18.4. The molecule has 2 heterocycles. The number of carbonyl (C=O) groups is 4. The average Bonchev–Trinajstić information content (AvgIpc) is 3.22. The first-order chi connectivity index (χ1) is 12.9. The molecule has 4 amide bonds. The summed E-state index contributed by atoms with van der Waals surface area (Å²) in [5, 5.41) is 5.16. The van der Waals surface area contributed by atoms with Crippen LogP contribution in [0.15, 0.2) is 41.0 Å². The summed E-state index contributed by atoms with van der Waals surface area (Å²) >= 11 is 0. The van der Waals surface area contributed by atoms with Crippen molar-refractivity contribution in [1.29, 1.82) is 0 Å². The Morgan fingerprint density at radius 3 is 2.52 bits per heavy atom. The van der Waals surface area contributed by atoms with E-state index in [2.05, 4.69) is 10.6 Å². The number of hydrogen-bond donors (Lipinski definition) is 2. The third-order valence-electron chi connectivity index (χ3n) is 3.99. The maximum absolute atomic E-state index is 12.6. The molecule has 27 heavy (non-hydrogen) atoms. The standard InChI is InChI=1S/C19H19N3O5/c1-11(2)21-16(23)9-20-17(24)12-5-6-14-15(8-12)19(26)22(18(14)25)10-13-4-3-7-27-13/h3-8,11H,9-10H2,1-2H3,(H,20,24)(H,21,23). The number of imide groups is 1. The lowest BCUT2D eigenvalue weighted by molar-refractivity contribution is -0.120. The van der Waals surface area contributed by atoms with Crippen LogP contribution in [-0.4, -0.2) is 41.1 Å². The van der Waals surface area contributed by atoms with E-state index in [9.17, 15) is 19.2 Å². The molecule has 0 atom stereocenters. The highest BCUT2D eigenvalue weighted by molar-refractivity contribution is 6.22. The Balaban J connectivity index is 1.71. The van der Waals surface area contributed by atoms with Gasteiger partial charge in [0.25, 0.3) is 17.7 Å². The fourth-order valence-electron chi connectivity index (χ4n) is 2.77. The molecule has 8 nitrogen and oxygen atoms in total. The largest absolute Gasteiger partial charge is 0.467 e. The molecule has 2 N–H and O–H groups in total. The van der Waals surface area contributed by atoms with Gasteiger partial charge in [0.15, 0.2) is 0 Å². The van der Waals surface area contributed by atoms with Crippen LogP contribution in [0.4, 0.5) is 0 Å². The van der Waals surface area contributed by atoms with Gasteiger partial charge in [0.05, 0.1) is 30.5 Å². The highest BCUT2D eigenvalue weighted by Gasteiger charge is 2.36. The van der Waals surface area contributed by atoms with Gasteiger partial charge in [-0.05, 0) is 44.2 Å². The number of furan rings is 1. The molecular formula is C19H19N3O5. The first-order valence-corrected chi connectivity index (χ1v) is 8.47. The Hall–Kier alpha value is -3.42. The molecule has 8 heteroatoms. The Kier molecular flexibility index (Phi) is 5.07. The number of carbonyl (C=O) groups excluding carboxylic acids is 4. The molecule has 1 aromatic heterocycles. The van der Waals surface area contributed by atoms with Crippen LogP contribution in [0.5, 0.6) is 0 Å². The van der Waals surface area contributed by atoms with E-state index in [-0.39, 0.29) is 41.7 Å². The van der Waals surface area contributed by atoms with Gasteiger partial charge < -0.3 is 15.1 Å². The minimum atomic E-state index is -0.499. The van der Waals surface area contributed by atoms with Gasteiger partial charge in [-0.25, -0.2) is 0 Å². The van der Waals surface area contributed by atoms with E-state index in [4.69, 9.17) is 4.42 Å². The summed E-state index contributed by atoms with van der Waals surface area (Å²) in [7, 11) is 0. The predicted octanol–water partition coefficient (Wildman–Crippen LogP) is 1.33. The van der Waals surface area contributed by atoms with Gasteiger partial charge in [-0.15, -0.1) is 0 Å². The van der Waals surface area contributed by atoms with E-state index in [1.54, 1.807) is 12.1 Å². The van der Waals surface area contributed by atoms with Gasteiger partial charge in [0.1, 0.15) is 5.76 Å². The molecule has 0 aliphatic carbocycles. The van der Waals surface area contributed by atoms with Crippen LogP contribution in [0, 0.1) is 0 Å². The van der Waals surface area contributed by atoms with E-state index in [0.717, 1.165) is 4.90 Å². The molecule has 0 fully saturated rings. The monoisotopic (exact) mass is 369 g/mol. The summed E-state index contributed by atoms with van der Waals surface area (Å²) in [5.74, 6) is -1.25. The van der Waals surface area contributed by atoms with Gasteiger partial charge in [-0.3, -0.25) is 24.1 Å². The summed E-state index contributed by atoms with van der Waals surface area (Å²) in [5.41, 5.74) is 0.596. The molecule has 0 radical (unpaired) electrons. The summed E-state index contributed by atoms with van der Waals surface area (Å²) in [4.78, 5) is 49.9. The number of fused-ring (bicyclic) bond motifs is 1. The third-order valence-corrected chi connectivity index (χ3v) is 3.99. The second-order valence-electron chi connectivity index (χ2n) is 6.44. The summed E-state index contributed by atoms with van der Waals surface area (Å²) in [6.45, 7) is 3.48. The highest BCUT2D eigenvalue weighted by atomic mass is 16.3. The lowest BCUT2D eigenvalue weighted by atomic mass is 10.1. The molecule has 1 aliphatic heterocycles. The molecular weight excluding hydrogens is 350 g/mol. The van der Waals surface area contributed by atoms with Crippen LogP contribution in [0.3, 0.4) is 0 Å². The van der Waals surface area contributed by atoms with Crippen molar-refractivity contribution < 1.29 is 23.6 Å². The van der Waals surface area contributed by atoms with Crippen LogP contribution in [0.25, 0.3) is 0 Å². The number of nitrogens with one attached hydrogen (secondary N) is 2. The second-order valence-corrected chi connectivity index (χ2v) is 6.44. The Bertz CT molecular complexity index is 902. The predicted molar refractivity (Wildman–Crippen MR) is 95.0 cm³/mol. The van der Waals surface area contributed by atoms with Crippen LogP contribution in [0.1, 0.15) is 50.7 Å². The molecule has 2 aromatic rings. The second kappa shape index (κ2) is 7.45. The molecule has 0 saturated heterocycles. The fourth-order valence-corrected chi connectivity index (χ4v) is 2.77. The summed E-state index contributed by atoms with van der Waals surface area (Å²) < 4.78 is 5.19. The van der Waals surface area contributed by atoms with Crippen molar-refractivity contribution in [2.45, 2.75) is 26.4 Å². The lowest BCUT2D eigenvalue weighted by Crippen LogP contribution is -2.39. The molecule has 1 aromatic carbocycles. The minimum Gasteiger partial charge on any atom is -0.467 e. The van der Waals surface area contributed by atoms with Gasteiger partial charge in [0.2, 0.25) is 5.91 Å². The molecule has 3 rings (SSSR count). The van der Waals surface area contributed by atoms with Gasteiger partial charge >= 0.3 is 0 Å². The van der Waals surface area contributed by atoms with Crippen LogP contribution in [0.2, 0.25) is 0 Å². The zero-order valence-corrected chi connectivity index (χ0v) is 14.9. The van der Waals surface area contributed by atoms with Crippen molar-refractivity contribution >= 4 is 23.6 Å². The molecule has 0 bridgehead atoms. The van der Waals surface area contributed by atoms with Crippen LogP contribution < -0.4 is 10.6 Å². The smallest absolute Gasteiger partial charge is 0.261 e. The quantitative estimate of drug-likeness (QED) is 0.747. The van der Waals surface area contributed by atoms with Gasteiger partial charge in [0, 0.05) is 11.6 Å². The maximum atomic E-state index is 12.6. The van der Waals surface area contributed by atoms with Crippen molar-refractivity contribution in [3.8, 4) is 0 Å². The molecule has 0 spiro atoms. The van der Waals surface area contributed by atoms with E-state index >= 15 is 0 Å². The number of amides is 4. The first-order valence-electron chi connectivity index (χ1n) is 8.47. The highest BCUT2D eigenvalue weighted by Crippen LogP contribution is 2.25. The fraction of sp³-hybridized carbons (Fsp3) is 0.263. The van der Waals surface area contributed by atoms with Crippen molar-refractivity contribution in [2.75, 3.05) is 6.54 Å². The average molecular weight is 369 g/mol. The molecule has 1 aliphatic rings. The van der Waals surface area contributed by atoms with Crippen LogP contribution >= 0.6 is 0 Å². The van der Waals surface area contributed by atoms with E-state index in [0.29, 0.717) is 5.76 Å². The minimum absolute atomic E-state index is 0.0241. The van der Waals surface area contributed by atoms with Crippen molar-refractivity contribution in [3.63, 3.8) is 0 Å². The number of benzene rings is 1. The van der Waals surface area contributed by atoms with Gasteiger partial charge in [-0.2, -0.15) is 0 Å². The van der Waals surface area contributed by atoms with E-state index in [1.807, 2.05) is 13.8 Å². The molecule has 140 valence electrons. The number of rotatable bonds is 6. The van der Waals surface area contributed by atoms with E-state index in [1.165, 1.54) is 24.5 Å². The lowest BCUT2D eigenvalue weighted by Gasteiger charge is -2.11. The Labute approximate surface area is 155 Å². The molecule has 0 saturated carbocycles. The zero-order valence-electron chi connectivity index (χ0n) is 14.9. The number of hydrogen-bond acceptors (Lipinski definition) is 5. The third kappa shape index (κ3) is 3.89. The van der Waals surface area contributed by atoms with Crippen molar-refractivity contribution in [2.24, 2.45) is 0 Å². The topological polar surface area (TPSA) is 109 Å². The molecule has 0 unspecified atom stereocenters. The van der Waals surface area contributed by atoms with E-state index < -0.39 is 17.7 Å². The van der Waals surface area contributed by atoms with Crippen molar-refractivity contribution in [3.05, 3.63) is 59.0 Å². The summed E-state index contributed by atoms with van der Waals surface area (Å²) in [6.07, 6.45) is 1.46. The normalized spacial score (nSPS) is 13.1. The zero-order chi connectivity index (χ0) is 19.6.